The number of aromatic carboxylic acids is 1. The van der Waals surface area contributed by atoms with E-state index in [1.165, 1.54) is 12.1 Å². The molecule has 0 unspecified atom stereocenters. The van der Waals surface area contributed by atoms with Crippen LogP contribution in [-0.4, -0.2) is 11.1 Å². The van der Waals surface area contributed by atoms with Crippen molar-refractivity contribution in [3.63, 3.8) is 0 Å². The van der Waals surface area contributed by atoms with Gasteiger partial charge >= 0.3 is 5.97 Å². The van der Waals surface area contributed by atoms with E-state index >= 15 is 0 Å². The van der Waals surface area contributed by atoms with Gasteiger partial charge in [-0.2, -0.15) is 0 Å². The maximum atomic E-state index is 13.2. The fourth-order valence-corrected chi connectivity index (χ4v) is 1.76. The molecule has 0 aromatic heterocycles. The average molecular weight is 281 g/mol. The topological polar surface area (TPSA) is 46.5 Å². The normalized spacial score (nSPS) is 10.2. The van der Waals surface area contributed by atoms with Gasteiger partial charge in [0.25, 0.3) is 0 Å². The quantitative estimate of drug-likeness (QED) is 0.927. The number of ether oxygens (including phenoxy) is 1. The summed E-state index contributed by atoms with van der Waals surface area (Å²) in [5, 5.41) is 9.36. The molecule has 0 saturated heterocycles. The van der Waals surface area contributed by atoms with E-state index in [1.807, 2.05) is 0 Å². The van der Waals surface area contributed by atoms with E-state index < -0.39 is 11.8 Å². The van der Waals surface area contributed by atoms with Crippen molar-refractivity contribution < 1.29 is 19.0 Å². The second kappa shape index (κ2) is 5.71. The Morgan fingerprint density at radius 2 is 2.05 bits per heavy atom. The largest absolute Gasteiger partial charge is 0.489 e. The molecule has 0 atom stereocenters. The number of carboxylic acids is 1. The van der Waals surface area contributed by atoms with Gasteiger partial charge in [0.2, 0.25) is 0 Å². The summed E-state index contributed by atoms with van der Waals surface area (Å²) in [6, 6.07) is 10.3. The Labute approximate surface area is 114 Å². The van der Waals surface area contributed by atoms with E-state index in [0.29, 0.717) is 16.3 Å². The van der Waals surface area contributed by atoms with Gasteiger partial charge in [-0.25, -0.2) is 9.18 Å². The summed E-state index contributed by atoms with van der Waals surface area (Å²) < 4.78 is 18.7. The zero-order valence-corrected chi connectivity index (χ0v) is 10.5. The van der Waals surface area contributed by atoms with Crippen LogP contribution in [0.5, 0.6) is 5.75 Å². The zero-order chi connectivity index (χ0) is 13.8. The predicted molar refractivity (Wildman–Crippen MR) is 69.1 cm³/mol. The number of carbonyl (C=O) groups is 1. The Balaban J connectivity index is 2.13. The van der Waals surface area contributed by atoms with Crippen LogP contribution >= 0.6 is 11.6 Å². The van der Waals surface area contributed by atoms with E-state index in [-0.39, 0.29) is 12.2 Å². The molecule has 2 aromatic rings. The van der Waals surface area contributed by atoms with Gasteiger partial charge in [-0.15, -0.1) is 0 Å². The van der Waals surface area contributed by atoms with Gasteiger partial charge in [-0.05, 0) is 42.0 Å². The summed E-state index contributed by atoms with van der Waals surface area (Å²) in [6.45, 7) is 0.0678. The summed E-state index contributed by atoms with van der Waals surface area (Å²) in [4.78, 5) is 10.8. The summed E-state index contributed by atoms with van der Waals surface area (Å²) in [7, 11) is 0. The lowest BCUT2D eigenvalue weighted by atomic mass is 10.1. The molecule has 98 valence electrons. The number of hydrogen-bond donors (Lipinski definition) is 1. The molecular weight excluding hydrogens is 271 g/mol. The molecule has 0 spiro atoms. The molecule has 3 nitrogen and oxygen atoms in total. The van der Waals surface area contributed by atoms with Crippen LogP contribution in [0.25, 0.3) is 0 Å². The Hall–Kier alpha value is -2.07. The predicted octanol–water partition coefficient (Wildman–Crippen LogP) is 3.76. The molecule has 2 rings (SSSR count). The maximum absolute atomic E-state index is 13.2. The Morgan fingerprint density at radius 1 is 1.26 bits per heavy atom. The van der Waals surface area contributed by atoms with Crippen molar-refractivity contribution in [1.82, 2.24) is 0 Å². The van der Waals surface area contributed by atoms with Crippen molar-refractivity contribution in [2.24, 2.45) is 0 Å². The highest BCUT2D eigenvalue weighted by atomic mass is 35.5. The SMILES string of the molecule is O=C(O)c1cc(F)cc(COc2cccc(Cl)c2)c1. The zero-order valence-electron chi connectivity index (χ0n) is 9.77. The first-order valence-electron chi connectivity index (χ1n) is 5.46. The lowest BCUT2D eigenvalue weighted by Gasteiger charge is -2.07. The summed E-state index contributed by atoms with van der Waals surface area (Å²) in [6.07, 6.45) is 0. The van der Waals surface area contributed by atoms with E-state index in [0.717, 1.165) is 6.07 Å². The van der Waals surface area contributed by atoms with Crippen LogP contribution in [0.1, 0.15) is 15.9 Å². The first kappa shape index (κ1) is 13.4. The number of hydrogen-bond acceptors (Lipinski definition) is 2. The second-order valence-electron chi connectivity index (χ2n) is 3.90. The molecule has 0 radical (unpaired) electrons. The van der Waals surface area contributed by atoms with Gasteiger partial charge in [-0.3, -0.25) is 0 Å². The van der Waals surface area contributed by atoms with Crippen molar-refractivity contribution in [2.75, 3.05) is 0 Å². The first-order valence-corrected chi connectivity index (χ1v) is 5.83. The Morgan fingerprint density at radius 3 is 2.74 bits per heavy atom. The summed E-state index contributed by atoms with van der Waals surface area (Å²) in [5.74, 6) is -1.25. The standard InChI is InChI=1S/C14H10ClFO3/c15-11-2-1-3-13(7-11)19-8-9-4-10(14(17)18)6-12(16)5-9/h1-7H,8H2,(H,17,18). The number of halogens is 2. The molecule has 1 N–H and O–H groups in total. The fraction of sp³-hybridized carbons (Fsp3) is 0.0714. The van der Waals surface area contributed by atoms with Crippen LogP contribution < -0.4 is 4.74 Å². The molecule has 0 amide bonds. The summed E-state index contributed by atoms with van der Waals surface area (Å²) >= 11 is 5.80. The first-order chi connectivity index (χ1) is 9.04. The van der Waals surface area contributed by atoms with Gasteiger partial charge < -0.3 is 9.84 Å². The number of carboxylic acid groups (broad SMARTS) is 1. The molecule has 19 heavy (non-hydrogen) atoms. The van der Waals surface area contributed by atoms with Crippen LogP contribution in [0, 0.1) is 5.82 Å². The van der Waals surface area contributed by atoms with Gasteiger partial charge in [0, 0.05) is 5.02 Å². The molecule has 0 heterocycles. The highest BCUT2D eigenvalue weighted by Crippen LogP contribution is 2.19. The van der Waals surface area contributed by atoms with Crippen LogP contribution in [0.3, 0.4) is 0 Å². The van der Waals surface area contributed by atoms with Crippen molar-refractivity contribution in [1.29, 1.82) is 0 Å². The third-order valence-electron chi connectivity index (χ3n) is 2.41. The van der Waals surface area contributed by atoms with Crippen molar-refractivity contribution in [2.45, 2.75) is 6.61 Å². The van der Waals surface area contributed by atoms with Gasteiger partial charge in [0.05, 0.1) is 5.56 Å². The fourth-order valence-electron chi connectivity index (χ4n) is 1.58. The van der Waals surface area contributed by atoms with Gasteiger partial charge in [0.15, 0.2) is 0 Å². The van der Waals surface area contributed by atoms with Crippen LogP contribution in [0.15, 0.2) is 42.5 Å². The van der Waals surface area contributed by atoms with Crippen LogP contribution in [-0.2, 0) is 6.61 Å². The highest BCUT2D eigenvalue weighted by molar-refractivity contribution is 6.30. The van der Waals surface area contributed by atoms with E-state index in [9.17, 15) is 9.18 Å². The highest BCUT2D eigenvalue weighted by Gasteiger charge is 2.07. The minimum atomic E-state index is -1.18. The molecule has 0 aliphatic rings. The van der Waals surface area contributed by atoms with Crippen molar-refractivity contribution in [3.05, 3.63) is 64.4 Å². The van der Waals surface area contributed by atoms with E-state index in [4.69, 9.17) is 21.4 Å². The number of benzene rings is 2. The lowest BCUT2D eigenvalue weighted by molar-refractivity contribution is 0.0696. The molecular formula is C14H10ClFO3. The van der Waals surface area contributed by atoms with Crippen molar-refractivity contribution >= 4 is 17.6 Å². The molecule has 2 aromatic carbocycles. The van der Waals surface area contributed by atoms with Gasteiger partial charge in [-0.1, -0.05) is 17.7 Å². The third-order valence-corrected chi connectivity index (χ3v) is 2.64. The molecule has 0 aliphatic carbocycles. The van der Waals surface area contributed by atoms with Gasteiger partial charge in [0.1, 0.15) is 18.2 Å². The summed E-state index contributed by atoms with van der Waals surface area (Å²) in [5.41, 5.74) is 0.335. The molecule has 0 bridgehead atoms. The lowest BCUT2D eigenvalue weighted by Crippen LogP contribution is -2.02. The second-order valence-corrected chi connectivity index (χ2v) is 4.34. The monoisotopic (exact) mass is 280 g/mol. The Bertz CT molecular complexity index is 613. The molecule has 0 aliphatic heterocycles. The molecule has 5 heteroatoms. The molecule has 0 fully saturated rings. The van der Waals surface area contributed by atoms with E-state index in [1.54, 1.807) is 24.3 Å². The third kappa shape index (κ3) is 3.69. The van der Waals surface area contributed by atoms with Crippen LogP contribution in [0.2, 0.25) is 5.02 Å². The van der Waals surface area contributed by atoms with E-state index in [2.05, 4.69) is 0 Å². The smallest absolute Gasteiger partial charge is 0.335 e. The maximum Gasteiger partial charge on any atom is 0.335 e. The average Bonchev–Trinajstić information content (AvgIpc) is 2.36. The van der Waals surface area contributed by atoms with Crippen molar-refractivity contribution in [3.8, 4) is 5.75 Å². The van der Waals surface area contributed by atoms with Crippen LogP contribution in [0.4, 0.5) is 4.39 Å². The molecule has 0 saturated carbocycles. The minimum Gasteiger partial charge on any atom is -0.489 e. The Kier molecular flexibility index (Phi) is 4.02. The number of rotatable bonds is 4. The minimum absolute atomic E-state index is 0.0678.